The van der Waals surface area contributed by atoms with E-state index < -0.39 is 0 Å². The Kier molecular flexibility index (Phi) is 6.11. The van der Waals surface area contributed by atoms with Crippen molar-refractivity contribution < 1.29 is 19.5 Å². The van der Waals surface area contributed by atoms with Gasteiger partial charge in [-0.2, -0.15) is 0 Å². The monoisotopic (exact) mass is 441 g/mol. The Labute approximate surface area is 185 Å². The number of carbonyl (C=O) groups excluding carboxylic acids is 3. The molecule has 2 N–H and O–H groups in total. The Morgan fingerprint density at radius 3 is 2.52 bits per heavy atom. The van der Waals surface area contributed by atoms with Crippen molar-refractivity contribution in [2.75, 3.05) is 24.5 Å². The van der Waals surface area contributed by atoms with E-state index in [1.807, 2.05) is 26.0 Å². The first kappa shape index (κ1) is 21.5. The third-order valence-corrected chi connectivity index (χ3v) is 6.93. The van der Waals surface area contributed by atoms with Crippen LogP contribution in [0.5, 0.6) is 0 Å². The minimum atomic E-state index is -0.328. The van der Waals surface area contributed by atoms with Crippen LogP contribution in [0.15, 0.2) is 30.3 Å². The lowest BCUT2D eigenvalue weighted by molar-refractivity contribution is -0.117. The number of nitrogens with one attached hydrogen (secondary N) is 1. The lowest BCUT2D eigenvalue weighted by Crippen LogP contribution is -2.40. The molecular weight excluding hydrogens is 414 g/mol. The van der Waals surface area contributed by atoms with Crippen molar-refractivity contribution in [3.05, 3.63) is 51.2 Å². The topological polar surface area (TPSA) is 90.0 Å². The first-order valence-corrected chi connectivity index (χ1v) is 11.4. The largest absolute Gasteiger partial charge is 0.393 e. The molecule has 2 aromatic rings. The second-order valence-corrected chi connectivity index (χ2v) is 9.60. The van der Waals surface area contributed by atoms with Gasteiger partial charge in [-0.15, -0.1) is 11.3 Å². The van der Waals surface area contributed by atoms with Crippen molar-refractivity contribution in [2.24, 2.45) is 0 Å². The van der Waals surface area contributed by atoms with E-state index in [9.17, 15) is 19.5 Å². The van der Waals surface area contributed by atoms with Crippen LogP contribution in [0, 0.1) is 13.8 Å². The minimum Gasteiger partial charge on any atom is -0.393 e. The van der Waals surface area contributed by atoms with Gasteiger partial charge in [-0.25, -0.2) is 0 Å². The smallest absolute Gasteiger partial charge is 0.261 e. The van der Waals surface area contributed by atoms with Gasteiger partial charge in [0.25, 0.3) is 11.8 Å². The van der Waals surface area contributed by atoms with Crippen LogP contribution in [0.2, 0.25) is 0 Å². The molecule has 0 radical (unpaired) electrons. The number of thiophene rings is 1. The number of aliphatic hydroxyl groups excluding tert-OH is 1. The van der Waals surface area contributed by atoms with E-state index in [0.29, 0.717) is 42.9 Å². The highest BCUT2D eigenvalue weighted by atomic mass is 32.1. The normalized spacial score (nSPS) is 19.7. The molecule has 1 aromatic heterocycles. The summed E-state index contributed by atoms with van der Waals surface area (Å²) in [5, 5.41) is 12.6. The summed E-state index contributed by atoms with van der Waals surface area (Å²) in [6, 6.07) is 8.88. The quantitative estimate of drug-likeness (QED) is 0.763. The number of rotatable bonds is 4. The molecule has 2 fully saturated rings. The van der Waals surface area contributed by atoms with Gasteiger partial charge in [0, 0.05) is 42.2 Å². The summed E-state index contributed by atoms with van der Waals surface area (Å²) in [5.74, 6) is -0.238. The Balaban J connectivity index is 1.42. The molecule has 0 saturated carbocycles. The molecule has 1 atom stereocenters. The maximum Gasteiger partial charge on any atom is 0.261 e. The zero-order chi connectivity index (χ0) is 22.1. The molecule has 2 saturated heterocycles. The molecule has 3 heterocycles. The van der Waals surface area contributed by atoms with Crippen molar-refractivity contribution in [1.29, 1.82) is 0 Å². The third-order valence-electron chi connectivity index (χ3n) is 5.93. The molecule has 4 rings (SSSR count). The summed E-state index contributed by atoms with van der Waals surface area (Å²) in [6.07, 6.45) is 1.13. The summed E-state index contributed by atoms with van der Waals surface area (Å²) in [7, 11) is 0. The number of amides is 3. The van der Waals surface area contributed by atoms with E-state index in [-0.39, 0.29) is 36.3 Å². The van der Waals surface area contributed by atoms with Gasteiger partial charge in [0.2, 0.25) is 5.91 Å². The summed E-state index contributed by atoms with van der Waals surface area (Å²) >= 11 is 1.43. The summed E-state index contributed by atoms with van der Waals surface area (Å²) in [6.45, 7) is 5.33. The third kappa shape index (κ3) is 4.65. The lowest BCUT2D eigenvalue weighted by Gasteiger charge is -2.30. The number of likely N-dealkylation sites (tertiary alicyclic amines) is 1. The maximum absolute atomic E-state index is 12.9. The molecule has 2 aliphatic rings. The van der Waals surface area contributed by atoms with Crippen LogP contribution in [0.25, 0.3) is 0 Å². The highest BCUT2D eigenvalue weighted by molar-refractivity contribution is 7.13. The van der Waals surface area contributed by atoms with E-state index in [4.69, 9.17) is 0 Å². The van der Waals surface area contributed by atoms with Gasteiger partial charge in [0.15, 0.2) is 0 Å². The van der Waals surface area contributed by atoms with E-state index in [1.165, 1.54) is 11.3 Å². The van der Waals surface area contributed by atoms with Crippen LogP contribution in [-0.2, 0) is 4.79 Å². The average Bonchev–Trinajstić information content (AvgIpc) is 3.33. The Bertz CT molecular complexity index is 1010. The van der Waals surface area contributed by atoms with Crippen molar-refractivity contribution in [1.82, 2.24) is 10.2 Å². The Morgan fingerprint density at radius 2 is 1.87 bits per heavy atom. The second kappa shape index (κ2) is 8.80. The van der Waals surface area contributed by atoms with Gasteiger partial charge in [-0.1, -0.05) is 0 Å². The number of aryl methyl sites for hydroxylation is 2. The zero-order valence-corrected chi connectivity index (χ0v) is 18.6. The molecule has 3 amide bonds. The molecule has 0 aliphatic carbocycles. The lowest BCUT2D eigenvalue weighted by atomic mass is 10.0. The molecule has 7 nitrogen and oxygen atoms in total. The highest BCUT2D eigenvalue weighted by Gasteiger charge is 2.32. The van der Waals surface area contributed by atoms with Crippen LogP contribution in [0.1, 0.15) is 49.7 Å². The van der Waals surface area contributed by atoms with Gasteiger partial charge in [-0.05, 0) is 62.6 Å². The van der Waals surface area contributed by atoms with E-state index >= 15 is 0 Å². The summed E-state index contributed by atoms with van der Waals surface area (Å²) in [5.41, 5.74) is 2.16. The predicted octanol–water partition coefficient (Wildman–Crippen LogP) is 2.50. The number of piperidine rings is 1. The van der Waals surface area contributed by atoms with Crippen molar-refractivity contribution in [2.45, 2.75) is 45.3 Å². The zero-order valence-electron chi connectivity index (χ0n) is 17.8. The van der Waals surface area contributed by atoms with Gasteiger partial charge >= 0.3 is 0 Å². The molecule has 2 aliphatic heterocycles. The molecule has 164 valence electrons. The fraction of sp³-hybridized carbons (Fsp3) is 0.435. The van der Waals surface area contributed by atoms with E-state index in [0.717, 1.165) is 16.1 Å². The van der Waals surface area contributed by atoms with Crippen LogP contribution in [0.3, 0.4) is 0 Å². The SMILES string of the molecule is Cc1ccc(C(=O)NC2CC(=O)N(c3ccc(C(=O)N4CCC(O)CC4)c(C)c3)C2)s1. The Morgan fingerprint density at radius 1 is 1.13 bits per heavy atom. The van der Waals surface area contributed by atoms with E-state index in [1.54, 1.807) is 28.0 Å². The number of hydrogen-bond acceptors (Lipinski definition) is 5. The molecule has 0 spiro atoms. The molecular formula is C23H27N3O4S. The molecule has 8 heteroatoms. The molecule has 1 aromatic carbocycles. The molecule has 1 unspecified atom stereocenters. The van der Waals surface area contributed by atoms with Crippen molar-refractivity contribution in [3.8, 4) is 0 Å². The number of aliphatic hydroxyl groups is 1. The van der Waals surface area contributed by atoms with E-state index in [2.05, 4.69) is 5.32 Å². The van der Waals surface area contributed by atoms with Crippen LogP contribution in [0.4, 0.5) is 5.69 Å². The van der Waals surface area contributed by atoms with Crippen molar-refractivity contribution in [3.63, 3.8) is 0 Å². The van der Waals surface area contributed by atoms with Gasteiger partial charge in [0.05, 0.1) is 17.0 Å². The maximum atomic E-state index is 12.9. The predicted molar refractivity (Wildman–Crippen MR) is 120 cm³/mol. The minimum absolute atomic E-state index is 0.0416. The fourth-order valence-electron chi connectivity index (χ4n) is 4.16. The van der Waals surface area contributed by atoms with Crippen molar-refractivity contribution >= 4 is 34.7 Å². The Hall–Kier alpha value is -2.71. The molecule has 31 heavy (non-hydrogen) atoms. The number of hydrogen-bond donors (Lipinski definition) is 2. The van der Waals surface area contributed by atoms with Gasteiger partial charge < -0.3 is 20.2 Å². The average molecular weight is 442 g/mol. The summed E-state index contributed by atoms with van der Waals surface area (Å²) in [4.78, 5) is 43.0. The molecule has 0 bridgehead atoms. The van der Waals surface area contributed by atoms with Crippen LogP contribution < -0.4 is 10.2 Å². The van der Waals surface area contributed by atoms with Gasteiger partial charge in [-0.3, -0.25) is 14.4 Å². The first-order chi connectivity index (χ1) is 14.8. The number of carbonyl (C=O) groups is 3. The van der Waals surface area contributed by atoms with Crippen LogP contribution in [-0.4, -0.2) is 59.5 Å². The number of nitrogens with zero attached hydrogens (tertiary/aromatic N) is 2. The number of anilines is 1. The highest BCUT2D eigenvalue weighted by Crippen LogP contribution is 2.26. The summed E-state index contributed by atoms with van der Waals surface area (Å²) < 4.78 is 0. The number of benzene rings is 1. The first-order valence-electron chi connectivity index (χ1n) is 10.6. The van der Waals surface area contributed by atoms with Gasteiger partial charge in [0.1, 0.15) is 0 Å². The fourth-order valence-corrected chi connectivity index (χ4v) is 4.93. The standard InChI is InChI=1S/C23H27N3O4S/c1-14-11-17(4-5-19(14)23(30)25-9-7-18(27)8-10-25)26-13-16(12-21(26)28)24-22(29)20-6-3-15(2)31-20/h3-6,11,16,18,27H,7-10,12-13H2,1-2H3,(H,24,29). The van der Waals surface area contributed by atoms with Crippen LogP contribution >= 0.6 is 11.3 Å². The second-order valence-electron chi connectivity index (χ2n) is 8.31.